The Hall–Kier alpha value is -2.81. The minimum atomic E-state index is 0.148. The molecule has 3 rings (SSSR count). The summed E-state index contributed by atoms with van der Waals surface area (Å²) in [6, 6.07) is 15.6. The van der Waals surface area contributed by atoms with E-state index in [0.29, 0.717) is 5.92 Å². The molecule has 0 heterocycles. The molecule has 0 atom stereocenters. The topological polar surface area (TPSA) is 35.5 Å². The van der Waals surface area contributed by atoms with Crippen molar-refractivity contribution < 1.29 is 14.3 Å². The average molecular weight is 348 g/mol. The number of carbonyl (C=O) groups is 1. The molecule has 2 aromatic rings. The number of hydrogen-bond acceptors (Lipinski definition) is 3. The fourth-order valence-electron chi connectivity index (χ4n) is 3.27. The number of methoxy groups -OCH3 is 2. The fourth-order valence-corrected chi connectivity index (χ4v) is 3.27. The Bertz CT molecular complexity index is 757. The van der Waals surface area contributed by atoms with Gasteiger partial charge in [0.25, 0.3) is 0 Å². The number of allylic oxidation sites excluding steroid dienone is 2. The van der Waals surface area contributed by atoms with Crippen LogP contribution in [0, 0.1) is 5.92 Å². The standard InChI is InChI=1S/C23H24O3/c1-16-12-19(14-17-4-8-21(25-2)9-5-17)23(24)20(13-16)15-18-6-10-22(26-3)11-7-18/h4-11,14-16H,12-13H2,1-3H3. The van der Waals surface area contributed by atoms with Gasteiger partial charge in [0.15, 0.2) is 5.78 Å². The van der Waals surface area contributed by atoms with E-state index in [2.05, 4.69) is 6.92 Å². The lowest BCUT2D eigenvalue weighted by Crippen LogP contribution is -2.18. The Morgan fingerprint density at radius 2 is 1.15 bits per heavy atom. The van der Waals surface area contributed by atoms with E-state index >= 15 is 0 Å². The molecule has 1 aliphatic carbocycles. The first-order valence-corrected chi connectivity index (χ1v) is 8.83. The van der Waals surface area contributed by atoms with Crippen LogP contribution in [0.4, 0.5) is 0 Å². The van der Waals surface area contributed by atoms with Crippen molar-refractivity contribution in [3.63, 3.8) is 0 Å². The fraction of sp³-hybridized carbons (Fsp3) is 0.261. The van der Waals surface area contributed by atoms with Crippen LogP contribution < -0.4 is 9.47 Å². The van der Waals surface area contributed by atoms with E-state index in [0.717, 1.165) is 46.6 Å². The molecule has 1 aliphatic rings. The predicted molar refractivity (Wildman–Crippen MR) is 105 cm³/mol. The normalized spacial score (nSPS) is 20.4. The molecule has 0 aromatic heterocycles. The molecule has 2 aromatic carbocycles. The van der Waals surface area contributed by atoms with Gasteiger partial charge in [-0.15, -0.1) is 0 Å². The number of carbonyl (C=O) groups excluding carboxylic acids is 1. The first-order chi connectivity index (χ1) is 12.6. The van der Waals surface area contributed by atoms with Crippen molar-refractivity contribution in [2.45, 2.75) is 19.8 Å². The van der Waals surface area contributed by atoms with Crippen molar-refractivity contribution in [3.8, 4) is 11.5 Å². The molecule has 0 bridgehead atoms. The second kappa shape index (κ2) is 8.05. The van der Waals surface area contributed by atoms with Crippen LogP contribution in [0.1, 0.15) is 30.9 Å². The summed E-state index contributed by atoms with van der Waals surface area (Å²) in [7, 11) is 3.30. The molecule has 0 aliphatic heterocycles. The van der Waals surface area contributed by atoms with Gasteiger partial charge in [-0.05, 0) is 66.3 Å². The number of hydrogen-bond donors (Lipinski definition) is 0. The van der Waals surface area contributed by atoms with Crippen LogP contribution in [0.5, 0.6) is 11.5 Å². The van der Waals surface area contributed by atoms with Gasteiger partial charge >= 0.3 is 0 Å². The molecule has 1 saturated carbocycles. The summed E-state index contributed by atoms with van der Waals surface area (Å²) < 4.78 is 10.4. The molecule has 0 N–H and O–H groups in total. The highest BCUT2D eigenvalue weighted by molar-refractivity contribution is 6.14. The third kappa shape index (κ3) is 4.23. The summed E-state index contributed by atoms with van der Waals surface area (Å²) in [4.78, 5) is 12.9. The lowest BCUT2D eigenvalue weighted by molar-refractivity contribution is -0.113. The number of benzene rings is 2. The van der Waals surface area contributed by atoms with Gasteiger partial charge in [0.2, 0.25) is 0 Å². The molecule has 3 heteroatoms. The highest BCUT2D eigenvalue weighted by Crippen LogP contribution is 2.32. The van der Waals surface area contributed by atoms with Crippen molar-refractivity contribution in [3.05, 3.63) is 70.8 Å². The Morgan fingerprint density at radius 1 is 0.769 bits per heavy atom. The van der Waals surface area contributed by atoms with E-state index in [1.165, 1.54) is 0 Å². The molecule has 3 nitrogen and oxygen atoms in total. The van der Waals surface area contributed by atoms with Crippen LogP contribution in [0.2, 0.25) is 0 Å². The number of Topliss-reactive ketones (excluding diaryl/α,β-unsaturated/α-hetero) is 1. The maximum absolute atomic E-state index is 12.9. The van der Waals surface area contributed by atoms with Gasteiger partial charge in [-0.3, -0.25) is 4.79 Å². The van der Waals surface area contributed by atoms with Crippen molar-refractivity contribution in [1.82, 2.24) is 0 Å². The van der Waals surface area contributed by atoms with Crippen LogP contribution >= 0.6 is 0 Å². The molecule has 26 heavy (non-hydrogen) atoms. The highest BCUT2D eigenvalue weighted by atomic mass is 16.5. The van der Waals surface area contributed by atoms with Gasteiger partial charge in [0.1, 0.15) is 11.5 Å². The smallest absolute Gasteiger partial charge is 0.185 e. The van der Waals surface area contributed by atoms with Crippen LogP contribution in [0.15, 0.2) is 59.7 Å². The highest BCUT2D eigenvalue weighted by Gasteiger charge is 2.25. The monoisotopic (exact) mass is 348 g/mol. The van der Waals surface area contributed by atoms with E-state index in [-0.39, 0.29) is 5.78 Å². The van der Waals surface area contributed by atoms with Crippen molar-refractivity contribution >= 4 is 17.9 Å². The number of rotatable bonds is 4. The zero-order valence-electron chi connectivity index (χ0n) is 15.5. The van der Waals surface area contributed by atoms with Crippen LogP contribution in [-0.2, 0) is 4.79 Å². The third-order valence-electron chi connectivity index (χ3n) is 4.63. The quantitative estimate of drug-likeness (QED) is 0.715. The molecular weight excluding hydrogens is 324 g/mol. The van der Waals surface area contributed by atoms with Crippen molar-refractivity contribution in [2.75, 3.05) is 14.2 Å². The van der Waals surface area contributed by atoms with Gasteiger partial charge in [-0.2, -0.15) is 0 Å². The van der Waals surface area contributed by atoms with E-state index in [9.17, 15) is 4.79 Å². The van der Waals surface area contributed by atoms with Crippen LogP contribution in [0.3, 0.4) is 0 Å². The molecule has 0 spiro atoms. The second-order valence-electron chi connectivity index (χ2n) is 6.73. The first-order valence-electron chi connectivity index (χ1n) is 8.83. The van der Waals surface area contributed by atoms with Gasteiger partial charge in [-0.1, -0.05) is 31.2 Å². The molecule has 0 amide bonds. The van der Waals surface area contributed by atoms with Crippen LogP contribution in [0.25, 0.3) is 12.2 Å². The van der Waals surface area contributed by atoms with Crippen molar-refractivity contribution in [1.29, 1.82) is 0 Å². The summed E-state index contributed by atoms with van der Waals surface area (Å²) in [6.07, 6.45) is 5.62. The van der Waals surface area contributed by atoms with Gasteiger partial charge < -0.3 is 9.47 Å². The van der Waals surface area contributed by atoms with E-state index in [1.807, 2.05) is 60.7 Å². The first kappa shape index (κ1) is 18.0. The summed E-state index contributed by atoms with van der Waals surface area (Å²) in [5, 5.41) is 0. The Morgan fingerprint density at radius 3 is 1.50 bits per heavy atom. The Kier molecular flexibility index (Phi) is 5.57. The van der Waals surface area contributed by atoms with Gasteiger partial charge in [0, 0.05) is 11.1 Å². The Balaban J connectivity index is 1.86. The van der Waals surface area contributed by atoms with Gasteiger partial charge in [0.05, 0.1) is 14.2 Å². The summed E-state index contributed by atoms with van der Waals surface area (Å²) >= 11 is 0. The number of ether oxygens (including phenoxy) is 2. The van der Waals surface area contributed by atoms with Gasteiger partial charge in [-0.25, -0.2) is 0 Å². The molecular formula is C23H24O3. The molecule has 1 fully saturated rings. The summed E-state index contributed by atoms with van der Waals surface area (Å²) in [5.74, 6) is 2.22. The maximum atomic E-state index is 12.9. The van der Waals surface area contributed by atoms with E-state index in [4.69, 9.17) is 9.47 Å². The maximum Gasteiger partial charge on any atom is 0.185 e. The molecule has 0 unspecified atom stereocenters. The largest absolute Gasteiger partial charge is 0.497 e. The van der Waals surface area contributed by atoms with E-state index in [1.54, 1.807) is 14.2 Å². The lowest BCUT2D eigenvalue weighted by Gasteiger charge is -2.22. The minimum Gasteiger partial charge on any atom is -0.497 e. The van der Waals surface area contributed by atoms with E-state index < -0.39 is 0 Å². The summed E-state index contributed by atoms with van der Waals surface area (Å²) in [5.41, 5.74) is 3.78. The lowest BCUT2D eigenvalue weighted by atomic mass is 9.81. The molecule has 0 saturated heterocycles. The number of ketones is 1. The predicted octanol–water partition coefficient (Wildman–Crippen LogP) is 5.17. The average Bonchev–Trinajstić information content (AvgIpc) is 2.66. The molecule has 134 valence electrons. The SMILES string of the molecule is COc1ccc(C=C2CC(C)CC(=Cc3ccc(OC)cc3)C2=O)cc1. The summed E-state index contributed by atoms with van der Waals surface area (Å²) in [6.45, 7) is 2.19. The van der Waals surface area contributed by atoms with Crippen molar-refractivity contribution in [2.24, 2.45) is 5.92 Å². The molecule has 0 radical (unpaired) electrons. The Labute approximate surface area is 155 Å². The minimum absolute atomic E-state index is 0.148. The third-order valence-corrected chi connectivity index (χ3v) is 4.63. The zero-order valence-corrected chi connectivity index (χ0v) is 15.5. The zero-order chi connectivity index (χ0) is 18.5. The second-order valence-corrected chi connectivity index (χ2v) is 6.73. The van der Waals surface area contributed by atoms with Crippen LogP contribution in [-0.4, -0.2) is 20.0 Å².